The first-order chi connectivity index (χ1) is 11.7. The number of nitrogens with zero attached hydrogens (tertiary/aromatic N) is 3. The SMILES string of the molecule is CSc1ccccc1C(=O)Nc1cc(N2CCC(C)CC2)ncn1. The summed E-state index contributed by atoms with van der Waals surface area (Å²) in [5.74, 6) is 2.05. The number of carbonyl (C=O) groups excluding carboxylic acids is 1. The second kappa shape index (κ2) is 7.66. The van der Waals surface area contributed by atoms with Gasteiger partial charge in [0.2, 0.25) is 0 Å². The number of rotatable bonds is 4. The van der Waals surface area contributed by atoms with Crippen LogP contribution < -0.4 is 10.2 Å². The number of thioether (sulfide) groups is 1. The summed E-state index contributed by atoms with van der Waals surface area (Å²) in [5, 5.41) is 2.89. The standard InChI is InChI=1S/C18H22N4OS/c1-13-7-9-22(10-8-13)17-11-16(19-12-20-17)21-18(23)14-5-3-4-6-15(14)24-2/h3-6,11-13H,7-10H2,1-2H3,(H,19,20,21,23). The van der Waals surface area contributed by atoms with E-state index in [2.05, 4.69) is 27.1 Å². The molecule has 0 radical (unpaired) electrons. The van der Waals surface area contributed by atoms with Gasteiger partial charge in [-0.2, -0.15) is 0 Å². The number of piperidine rings is 1. The number of hydrogen-bond donors (Lipinski definition) is 1. The molecule has 2 heterocycles. The molecule has 1 N–H and O–H groups in total. The number of amides is 1. The predicted molar refractivity (Wildman–Crippen MR) is 98.8 cm³/mol. The van der Waals surface area contributed by atoms with Gasteiger partial charge in [0.15, 0.2) is 0 Å². The first-order valence-corrected chi connectivity index (χ1v) is 9.41. The molecule has 2 aromatic rings. The normalized spacial score (nSPS) is 15.3. The molecule has 0 bridgehead atoms. The number of benzene rings is 1. The lowest BCUT2D eigenvalue weighted by Crippen LogP contribution is -2.33. The Labute approximate surface area is 146 Å². The molecule has 0 atom stereocenters. The van der Waals surface area contributed by atoms with Gasteiger partial charge in [-0.3, -0.25) is 4.79 Å². The van der Waals surface area contributed by atoms with E-state index in [1.165, 1.54) is 19.2 Å². The molecule has 3 rings (SSSR count). The summed E-state index contributed by atoms with van der Waals surface area (Å²) in [4.78, 5) is 24.3. The van der Waals surface area contributed by atoms with Gasteiger partial charge in [0.05, 0.1) is 5.56 Å². The zero-order chi connectivity index (χ0) is 16.9. The van der Waals surface area contributed by atoms with Crippen molar-refractivity contribution in [1.29, 1.82) is 0 Å². The molecule has 0 aliphatic carbocycles. The van der Waals surface area contributed by atoms with Crippen molar-refractivity contribution in [1.82, 2.24) is 9.97 Å². The highest BCUT2D eigenvalue weighted by molar-refractivity contribution is 7.98. The molecule has 6 heteroatoms. The Morgan fingerprint density at radius 2 is 2.00 bits per heavy atom. The van der Waals surface area contributed by atoms with Crippen molar-refractivity contribution >= 4 is 29.3 Å². The molecule has 1 aliphatic rings. The molecule has 1 amide bonds. The Morgan fingerprint density at radius 3 is 2.75 bits per heavy atom. The van der Waals surface area contributed by atoms with Gasteiger partial charge >= 0.3 is 0 Å². The smallest absolute Gasteiger partial charge is 0.257 e. The zero-order valence-corrected chi connectivity index (χ0v) is 14.8. The van der Waals surface area contributed by atoms with Crippen molar-refractivity contribution < 1.29 is 4.79 Å². The monoisotopic (exact) mass is 342 g/mol. The summed E-state index contributed by atoms with van der Waals surface area (Å²) >= 11 is 1.56. The van der Waals surface area contributed by atoms with Crippen LogP contribution in [-0.4, -0.2) is 35.2 Å². The fourth-order valence-electron chi connectivity index (χ4n) is 2.84. The van der Waals surface area contributed by atoms with Crippen LogP contribution in [0.2, 0.25) is 0 Å². The number of anilines is 2. The Kier molecular flexibility index (Phi) is 5.35. The lowest BCUT2D eigenvalue weighted by Gasteiger charge is -2.31. The second-order valence-corrected chi connectivity index (χ2v) is 6.93. The van der Waals surface area contributed by atoms with Crippen LogP contribution in [0.25, 0.3) is 0 Å². The van der Waals surface area contributed by atoms with E-state index in [-0.39, 0.29) is 5.91 Å². The maximum atomic E-state index is 12.5. The van der Waals surface area contributed by atoms with Crippen molar-refractivity contribution in [3.63, 3.8) is 0 Å². The van der Waals surface area contributed by atoms with E-state index in [4.69, 9.17) is 0 Å². The Morgan fingerprint density at radius 1 is 1.25 bits per heavy atom. The van der Waals surface area contributed by atoms with E-state index in [1.807, 2.05) is 36.6 Å². The molecule has 0 unspecified atom stereocenters. The molecular formula is C18H22N4OS. The lowest BCUT2D eigenvalue weighted by atomic mass is 9.99. The summed E-state index contributed by atoms with van der Waals surface area (Å²) in [5.41, 5.74) is 0.664. The van der Waals surface area contributed by atoms with Crippen molar-refractivity contribution in [3.05, 3.63) is 42.2 Å². The van der Waals surface area contributed by atoms with Crippen molar-refractivity contribution in [2.75, 3.05) is 29.6 Å². The molecule has 1 aromatic heterocycles. The van der Waals surface area contributed by atoms with Gasteiger partial charge in [-0.05, 0) is 37.1 Å². The van der Waals surface area contributed by atoms with Gasteiger partial charge in [-0.15, -0.1) is 11.8 Å². The first kappa shape index (κ1) is 16.8. The third kappa shape index (κ3) is 3.87. The van der Waals surface area contributed by atoms with Gasteiger partial charge in [-0.1, -0.05) is 19.1 Å². The maximum Gasteiger partial charge on any atom is 0.257 e. The lowest BCUT2D eigenvalue weighted by molar-refractivity contribution is 0.102. The summed E-state index contributed by atoms with van der Waals surface area (Å²) in [6.45, 7) is 4.29. The van der Waals surface area contributed by atoms with Crippen LogP contribution in [0.1, 0.15) is 30.1 Å². The summed E-state index contributed by atoms with van der Waals surface area (Å²) in [6, 6.07) is 9.43. The average Bonchev–Trinajstić information content (AvgIpc) is 2.62. The molecule has 5 nitrogen and oxygen atoms in total. The molecule has 0 spiro atoms. The molecule has 1 aromatic carbocycles. The summed E-state index contributed by atoms with van der Waals surface area (Å²) < 4.78 is 0. The van der Waals surface area contributed by atoms with E-state index < -0.39 is 0 Å². The number of carbonyl (C=O) groups is 1. The van der Waals surface area contributed by atoms with E-state index in [9.17, 15) is 4.79 Å². The first-order valence-electron chi connectivity index (χ1n) is 8.18. The quantitative estimate of drug-likeness (QED) is 0.859. The maximum absolute atomic E-state index is 12.5. The van der Waals surface area contributed by atoms with Gasteiger partial charge < -0.3 is 10.2 Å². The van der Waals surface area contributed by atoms with Crippen molar-refractivity contribution in [2.45, 2.75) is 24.7 Å². The minimum absolute atomic E-state index is 0.142. The minimum atomic E-state index is -0.142. The number of hydrogen-bond acceptors (Lipinski definition) is 5. The number of aromatic nitrogens is 2. The van der Waals surface area contributed by atoms with Crippen LogP contribution in [-0.2, 0) is 0 Å². The van der Waals surface area contributed by atoms with Crippen LogP contribution in [0, 0.1) is 5.92 Å². The van der Waals surface area contributed by atoms with Gasteiger partial charge in [-0.25, -0.2) is 9.97 Å². The van der Waals surface area contributed by atoms with E-state index in [1.54, 1.807) is 11.8 Å². The summed E-state index contributed by atoms with van der Waals surface area (Å²) in [6.07, 6.45) is 5.83. The van der Waals surface area contributed by atoms with E-state index in [0.717, 1.165) is 29.7 Å². The number of nitrogens with one attached hydrogen (secondary N) is 1. The van der Waals surface area contributed by atoms with Crippen LogP contribution in [0.15, 0.2) is 41.6 Å². The Balaban J connectivity index is 1.73. The molecular weight excluding hydrogens is 320 g/mol. The van der Waals surface area contributed by atoms with Crippen LogP contribution >= 0.6 is 11.8 Å². The highest BCUT2D eigenvalue weighted by Crippen LogP contribution is 2.24. The van der Waals surface area contributed by atoms with E-state index >= 15 is 0 Å². The zero-order valence-electron chi connectivity index (χ0n) is 14.0. The van der Waals surface area contributed by atoms with Crippen LogP contribution in [0.3, 0.4) is 0 Å². The highest BCUT2D eigenvalue weighted by atomic mass is 32.2. The minimum Gasteiger partial charge on any atom is -0.356 e. The molecule has 24 heavy (non-hydrogen) atoms. The van der Waals surface area contributed by atoms with E-state index in [0.29, 0.717) is 11.4 Å². The third-order valence-electron chi connectivity index (χ3n) is 4.35. The summed E-state index contributed by atoms with van der Waals surface area (Å²) in [7, 11) is 0. The third-order valence-corrected chi connectivity index (χ3v) is 5.15. The fraction of sp³-hybridized carbons (Fsp3) is 0.389. The van der Waals surface area contributed by atoms with Gasteiger partial charge in [0.1, 0.15) is 18.0 Å². The molecule has 0 saturated carbocycles. The topological polar surface area (TPSA) is 58.1 Å². The van der Waals surface area contributed by atoms with Gasteiger partial charge in [0, 0.05) is 24.1 Å². The predicted octanol–water partition coefficient (Wildman–Crippen LogP) is 3.69. The fourth-order valence-corrected chi connectivity index (χ4v) is 3.44. The molecule has 1 aliphatic heterocycles. The van der Waals surface area contributed by atoms with Crippen LogP contribution in [0.4, 0.5) is 11.6 Å². The van der Waals surface area contributed by atoms with Crippen molar-refractivity contribution in [2.24, 2.45) is 5.92 Å². The highest BCUT2D eigenvalue weighted by Gasteiger charge is 2.18. The molecule has 1 saturated heterocycles. The molecule has 1 fully saturated rings. The van der Waals surface area contributed by atoms with Crippen LogP contribution in [0.5, 0.6) is 0 Å². The Bertz CT molecular complexity index is 714. The van der Waals surface area contributed by atoms with Gasteiger partial charge in [0.25, 0.3) is 5.91 Å². The second-order valence-electron chi connectivity index (χ2n) is 6.09. The molecule has 126 valence electrons. The largest absolute Gasteiger partial charge is 0.356 e. The Hall–Kier alpha value is -2.08. The van der Waals surface area contributed by atoms with Crippen molar-refractivity contribution in [3.8, 4) is 0 Å². The average molecular weight is 342 g/mol.